The topological polar surface area (TPSA) is 66.5 Å². The fourth-order valence-corrected chi connectivity index (χ4v) is 1.81. The molecule has 6 heteroatoms. The first-order chi connectivity index (χ1) is 6.68. The van der Waals surface area contributed by atoms with Crippen LogP contribution in [0.25, 0.3) is 0 Å². The highest BCUT2D eigenvalue weighted by molar-refractivity contribution is 7.08. The van der Waals surface area contributed by atoms with Crippen molar-refractivity contribution >= 4 is 34.9 Å². The van der Waals surface area contributed by atoms with Crippen molar-refractivity contribution in [3.63, 3.8) is 0 Å². The summed E-state index contributed by atoms with van der Waals surface area (Å²) in [4.78, 5) is 34.4. The van der Waals surface area contributed by atoms with Gasteiger partial charge in [-0.3, -0.25) is 14.9 Å². The predicted molar refractivity (Wildman–Crippen MR) is 50.0 cm³/mol. The number of nitrogens with one attached hydrogen (secondary N) is 1. The largest absolute Gasteiger partial charge is 0.335 e. The molecule has 0 aliphatic carbocycles. The Kier molecular flexibility index (Phi) is 2.05. The number of carbonyl (C=O) groups excluding carboxylic acids is 3. The Labute approximate surface area is 83.3 Å². The summed E-state index contributed by atoms with van der Waals surface area (Å²) in [5.74, 6) is -1.04. The predicted octanol–water partition coefficient (Wildman–Crippen LogP) is 0.721. The van der Waals surface area contributed by atoms with Gasteiger partial charge < -0.3 is 0 Å². The molecule has 1 saturated heterocycles. The van der Waals surface area contributed by atoms with E-state index in [1.807, 2.05) is 0 Å². The van der Waals surface area contributed by atoms with Gasteiger partial charge in [0.15, 0.2) is 0 Å². The third-order valence-electron chi connectivity index (χ3n) is 1.77. The lowest BCUT2D eigenvalue weighted by molar-refractivity contribution is -0.128. The van der Waals surface area contributed by atoms with Gasteiger partial charge in [-0.05, 0) is 11.4 Å². The van der Waals surface area contributed by atoms with E-state index in [1.54, 1.807) is 16.8 Å². The number of amides is 4. The van der Waals surface area contributed by atoms with E-state index >= 15 is 0 Å². The summed E-state index contributed by atoms with van der Waals surface area (Å²) >= 11 is 1.38. The van der Waals surface area contributed by atoms with E-state index in [0.717, 1.165) is 4.90 Å². The van der Waals surface area contributed by atoms with Gasteiger partial charge in [0.05, 0.1) is 5.69 Å². The molecule has 1 fully saturated rings. The molecule has 0 unspecified atom stereocenters. The molecule has 0 spiro atoms. The van der Waals surface area contributed by atoms with E-state index in [2.05, 4.69) is 5.32 Å². The second-order valence-electron chi connectivity index (χ2n) is 2.74. The number of nitrogens with zero attached hydrogens (tertiary/aromatic N) is 1. The second-order valence-corrected chi connectivity index (χ2v) is 3.52. The lowest BCUT2D eigenvalue weighted by Gasteiger charge is -2.23. The van der Waals surface area contributed by atoms with Crippen LogP contribution in [0.15, 0.2) is 16.8 Å². The van der Waals surface area contributed by atoms with Crippen LogP contribution in [0.3, 0.4) is 0 Å². The number of hydrogen-bond donors (Lipinski definition) is 1. The Morgan fingerprint density at radius 3 is 2.71 bits per heavy atom. The van der Waals surface area contributed by atoms with Gasteiger partial charge in [-0.25, -0.2) is 9.69 Å². The SMILES string of the molecule is O=C1CC(=O)N(c2ccsc2)C(=O)N1. The third kappa shape index (κ3) is 1.39. The zero-order chi connectivity index (χ0) is 10.1. The average molecular weight is 210 g/mol. The van der Waals surface area contributed by atoms with E-state index in [1.165, 1.54) is 11.3 Å². The van der Waals surface area contributed by atoms with Crippen molar-refractivity contribution in [3.8, 4) is 0 Å². The zero-order valence-electron chi connectivity index (χ0n) is 7.02. The van der Waals surface area contributed by atoms with Crippen molar-refractivity contribution in [1.82, 2.24) is 5.32 Å². The van der Waals surface area contributed by atoms with Crippen LogP contribution < -0.4 is 10.2 Å². The highest BCUT2D eigenvalue weighted by Crippen LogP contribution is 2.20. The highest BCUT2D eigenvalue weighted by atomic mass is 32.1. The fraction of sp³-hybridized carbons (Fsp3) is 0.125. The highest BCUT2D eigenvalue weighted by Gasteiger charge is 2.31. The van der Waals surface area contributed by atoms with Crippen molar-refractivity contribution in [2.45, 2.75) is 6.42 Å². The molecule has 1 aliphatic heterocycles. The molecule has 1 N–H and O–H groups in total. The number of imide groups is 2. The smallest absolute Gasteiger partial charge is 0.277 e. The van der Waals surface area contributed by atoms with E-state index in [9.17, 15) is 14.4 Å². The van der Waals surface area contributed by atoms with Gasteiger partial charge in [0.25, 0.3) is 0 Å². The molecule has 72 valence electrons. The summed E-state index contributed by atoms with van der Waals surface area (Å²) in [6.07, 6.45) is -0.276. The van der Waals surface area contributed by atoms with Gasteiger partial charge in [0.1, 0.15) is 6.42 Å². The number of barbiturate groups is 1. The monoisotopic (exact) mass is 210 g/mol. The summed E-state index contributed by atoms with van der Waals surface area (Å²) in [5.41, 5.74) is 0.505. The Balaban J connectivity index is 2.31. The first-order valence-corrected chi connectivity index (χ1v) is 4.82. The number of anilines is 1. The molecular formula is C8H6N2O3S. The van der Waals surface area contributed by atoms with Crippen LogP contribution in [0, 0.1) is 0 Å². The van der Waals surface area contributed by atoms with Gasteiger partial charge in [-0.15, -0.1) is 0 Å². The normalized spacial score (nSPS) is 17.1. The van der Waals surface area contributed by atoms with Crippen LogP contribution in [0.1, 0.15) is 6.42 Å². The number of rotatable bonds is 1. The lowest BCUT2D eigenvalue weighted by Crippen LogP contribution is -2.52. The van der Waals surface area contributed by atoms with E-state index in [4.69, 9.17) is 0 Å². The molecule has 0 aromatic carbocycles. The molecule has 1 aliphatic rings. The molecule has 0 radical (unpaired) electrons. The van der Waals surface area contributed by atoms with Gasteiger partial charge in [0, 0.05) is 5.38 Å². The van der Waals surface area contributed by atoms with Gasteiger partial charge in [0.2, 0.25) is 11.8 Å². The molecule has 1 aromatic heterocycles. The third-order valence-corrected chi connectivity index (χ3v) is 2.45. The van der Waals surface area contributed by atoms with E-state index < -0.39 is 17.8 Å². The van der Waals surface area contributed by atoms with Crippen molar-refractivity contribution in [2.24, 2.45) is 0 Å². The molecule has 4 amide bonds. The summed E-state index contributed by atoms with van der Waals surface area (Å²) < 4.78 is 0. The number of carbonyl (C=O) groups is 3. The lowest BCUT2D eigenvalue weighted by atomic mass is 10.3. The molecule has 2 rings (SSSR count). The van der Waals surface area contributed by atoms with E-state index in [-0.39, 0.29) is 6.42 Å². The maximum absolute atomic E-state index is 11.4. The molecule has 0 atom stereocenters. The van der Waals surface area contributed by atoms with Crippen molar-refractivity contribution in [3.05, 3.63) is 16.8 Å². The van der Waals surface area contributed by atoms with Crippen LogP contribution in [-0.2, 0) is 9.59 Å². The minimum Gasteiger partial charge on any atom is -0.277 e. The molecule has 0 bridgehead atoms. The van der Waals surface area contributed by atoms with Crippen molar-refractivity contribution in [2.75, 3.05) is 4.90 Å². The summed E-state index contributed by atoms with van der Waals surface area (Å²) in [6, 6.07) is 0.974. The Morgan fingerprint density at radius 2 is 2.14 bits per heavy atom. The quantitative estimate of drug-likeness (QED) is 0.694. The molecule has 14 heavy (non-hydrogen) atoms. The molecular weight excluding hydrogens is 204 g/mol. The molecule has 5 nitrogen and oxygen atoms in total. The summed E-state index contributed by atoms with van der Waals surface area (Å²) in [7, 11) is 0. The zero-order valence-corrected chi connectivity index (χ0v) is 7.84. The Hall–Kier alpha value is -1.69. The summed E-state index contributed by atoms with van der Waals surface area (Å²) in [5, 5.41) is 5.51. The second kappa shape index (κ2) is 3.22. The standard InChI is InChI=1S/C8H6N2O3S/c11-6-3-7(12)10(8(13)9-6)5-1-2-14-4-5/h1-2,4H,3H2,(H,9,11,13). The minimum absolute atomic E-state index is 0.276. The van der Waals surface area contributed by atoms with Gasteiger partial charge in [-0.1, -0.05) is 0 Å². The van der Waals surface area contributed by atoms with Crippen LogP contribution in [0.2, 0.25) is 0 Å². The molecule has 0 saturated carbocycles. The van der Waals surface area contributed by atoms with Gasteiger partial charge in [-0.2, -0.15) is 11.3 Å². The number of thiophene rings is 1. The molecule has 1 aromatic rings. The van der Waals surface area contributed by atoms with Crippen LogP contribution >= 0.6 is 11.3 Å². The minimum atomic E-state index is -0.676. The molecule has 2 heterocycles. The average Bonchev–Trinajstić information content (AvgIpc) is 2.54. The van der Waals surface area contributed by atoms with Crippen molar-refractivity contribution < 1.29 is 14.4 Å². The fourth-order valence-electron chi connectivity index (χ4n) is 1.19. The first-order valence-electron chi connectivity index (χ1n) is 3.87. The van der Waals surface area contributed by atoms with Crippen molar-refractivity contribution in [1.29, 1.82) is 0 Å². The summed E-state index contributed by atoms with van der Waals surface area (Å²) in [6.45, 7) is 0. The van der Waals surface area contributed by atoms with E-state index in [0.29, 0.717) is 5.69 Å². The maximum atomic E-state index is 11.4. The first kappa shape index (κ1) is 8.89. The Morgan fingerprint density at radius 1 is 1.36 bits per heavy atom. The van der Waals surface area contributed by atoms with Crippen LogP contribution in [0.4, 0.5) is 10.5 Å². The van der Waals surface area contributed by atoms with Crippen LogP contribution in [0.5, 0.6) is 0 Å². The maximum Gasteiger partial charge on any atom is 0.335 e. The number of hydrogen-bond acceptors (Lipinski definition) is 4. The van der Waals surface area contributed by atoms with Crippen LogP contribution in [-0.4, -0.2) is 17.8 Å². The Bertz CT molecular complexity index is 379. The van der Waals surface area contributed by atoms with Gasteiger partial charge >= 0.3 is 6.03 Å². The number of urea groups is 1.